The minimum Gasteiger partial charge on any atom is -1.00 e. The third-order valence-electron chi connectivity index (χ3n) is 3.22. The van der Waals surface area contributed by atoms with E-state index in [2.05, 4.69) is 0 Å². The maximum Gasteiger partial charge on any atom is 0.326 e. The van der Waals surface area contributed by atoms with Crippen LogP contribution in [0.25, 0.3) is 0 Å². The Morgan fingerprint density at radius 1 is 1.26 bits per heavy atom. The van der Waals surface area contributed by atoms with Crippen LogP contribution in [0.15, 0.2) is 30.6 Å². The summed E-state index contributed by atoms with van der Waals surface area (Å²) < 4.78 is 1.92. The number of amides is 1. The minimum atomic E-state index is -0.895. The van der Waals surface area contributed by atoms with E-state index in [4.69, 9.17) is 5.11 Å². The second-order valence-corrected chi connectivity index (χ2v) is 4.45. The number of hydrogen-bond donors (Lipinski definition) is 1. The van der Waals surface area contributed by atoms with Gasteiger partial charge in [-0.2, -0.15) is 0 Å². The molecule has 5 nitrogen and oxygen atoms in total. The Morgan fingerprint density at radius 2 is 1.95 bits per heavy atom. The first-order valence-corrected chi connectivity index (χ1v) is 6.15. The lowest BCUT2D eigenvalue weighted by atomic mass is 10.2. The van der Waals surface area contributed by atoms with E-state index in [9.17, 15) is 9.59 Å². The molecule has 104 valence electrons. The molecule has 0 radical (unpaired) electrons. The van der Waals surface area contributed by atoms with Crippen LogP contribution in [-0.4, -0.2) is 34.5 Å². The number of hydrogen-bond acceptors (Lipinski definition) is 2. The van der Waals surface area contributed by atoms with Gasteiger partial charge in [-0.15, -0.1) is 0 Å². The molecule has 1 amide bonds. The Morgan fingerprint density at radius 3 is 2.58 bits per heavy atom. The number of rotatable bonds is 4. The molecule has 19 heavy (non-hydrogen) atoms. The number of nitrogens with zero attached hydrogens (tertiary/aromatic N) is 2. The maximum absolute atomic E-state index is 12.0. The molecule has 0 aliphatic carbocycles. The number of likely N-dealkylation sites (tertiary alicyclic amines) is 1. The second kappa shape index (κ2) is 7.23. The Kier molecular flexibility index (Phi) is 5.95. The molecule has 1 aliphatic heterocycles. The molecule has 1 aromatic heterocycles. The largest absolute Gasteiger partial charge is 1.00 e. The van der Waals surface area contributed by atoms with E-state index >= 15 is 0 Å². The smallest absolute Gasteiger partial charge is 0.326 e. The van der Waals surface area contributed by atoms with Gasteiger partial charge in [0.25, 0.3) is 0 Å². The van der Waals surface area contributed by atoms with Gasteiger partial charge in [-0.1, -0.05) is 6.07 Å². The Balaban J connectivity index is 0.00000180. The van der Waals surface area contributed by atoms with Crippen LogP contribution in [0.3, 0.4) is 0 Å². The molecule has 0 aromatic carbocycles. The lowest BCUT2D eigenvalue weighted by Gasteiger charge is -2.20. The van der Waals surface area contributed by atoms with Gasteiger partial charge in [0.05, 0.1) is 6.42 Å². The zero-order valence-corrected chi connectivity index (χ0v) is 12.1. The first kappa shape index (κ1) is 15.6. The van der Waals surface area contributed by atoms with E-state index < -0.39 is 12.0 Å². The summed E-state index contributed by atoms with van der Waals surface area (Å²) in [6.07, 6.45) is 5.48. The molecule has 0 saturated carbocycles. The van der Waals surface area contributed by atoms with Crippen molar-refractivity contribution in [3.63, 3.8) is 0 Å². The Hall–Kier alpha value is -1.43. The standard InChI is InChI=1S/C13H16N2O3.BrH/c16-12(6-10-14-7-2-1-3-8-14)15-9-4-5-11(15)13(17)18;/h1-3,7-8,11H,4-6,9-10H2;1H. The normalized spacial score (nSPS) is 17.9. The van der Waals surface area contributed by atoms with Crippen molar-refractivity contribution in [3.05, 3.63) is 30.6 Å². The summed E-state index contributed by atoms with van der Waals surface area (Å²) in [5.74, 6) is -0.968. The molecular weight excluding hydrogens is 312 g/mol. The molecule has 1 aromatic rings. The number of carbonyl (C=O) groups is 2. The number of halogens is 1. The molecular formula is C13H17BrN2O3. The zero-order valence-electron chi connectivity index (χ0n) is 10.5. The monoisotopic (exact) mass is 328 g/mol. The van der Waals surface area contributed by atoms with Gasteiger partial charge in [0, 0.05) is 18.7 Å². The Bertz CT molecular complexity index is 439. The molecule has 0 spiro atoms. The first-order chi connectivity index (χ1) is 8.68. The SMILES string of the molecule is O=C(O)C1CCCN1C(=O)CC[n+]1ccccc1.[Br-]. The second-order valence-electron chi connectivity index (χ2n) is 4.45. The average molecular weight is 329 g/mol. The number of pyridine rings is 1. The highest BCUT2D eigenvalue weighted by molar-refractivity contribution is 5.84. The number of aryl methyl sites for hydroxylation is 1. The maximum atomic E-state index is 12.0. The van der Waals surface area contributed by atoms with Crippen molar-refractivity contribution in [2.24, 2.45) is 0 Å². The summed E-state index contributed by atoms with van der Waals surface area (Å²) in [6, 6.07) is 5.10. The van der Waals surface area contributed by atoms with Crippen molar-refractivity contribution in [1.29, 1.82) is 0 Å². The lowest BCUT2D eigenvalue weighted by molar-refractivity contribution is -0.695. The van der Waals surface area contributed by atoms with E-state index in [1.165, 1.54) is 4.90 Å². The van der Waals surface area contributed by atoms with Gasteiger partial charge in [-0.05, 0) is 12.8 Å². The molecule has 1 saturated heterocycles. The number of carbonyl (C=O) groups excluding carboxylic acids is 1. The molecule has 1 N–H and O–H groups in total. The third kappa shape index (κ3) is 4.02. The van der Waals surface area contributed by atoms with Crippen molar-refractivity contribution in [1.82, 2.24) is 4.90 Å². The van der Waals surface area contributed by atoms with Crippen LogP contribution in [0, 0.1) is 0 Å². The van der Waals surface area contributed by atoms with Gasteiger partial charge in [0.15, 0.2) is 18.9 Å². The van der Waals surface area contributed by atoms with Gasteiger partial charge < -0.3 is 27.0 Å². The topological polar surface area (TPSA) is 61.5 Å². The molecule has 2 rings (SSSR count). The molecule has 1 atom stereocenters. The number of carboxylic acid groups (broad SMARTS) is 1. The molecule has 1 unspecified atom stereocenters. The van der Waals surface area contributed by atoms with Gasteiger partial charge in [0.2, 0.25) is 5.91 Å². The van der Waals surface area contributed by atoms with Crippen molar-refractivity contribution in [3.8, 4) is 0 Å². The highest BCUT2D eigenvalue weighted by Gasteiger charge is 2.33. The van der Waals surface area contributed by atoms with E-state index in [0.29, 0.717) is 25.9 Å². The molecule has 2 heterocycles. The van der Waals surface area contributed by atoms with Crippen LogP contribution in [0.2, 0.25) is 0 Å². The van der Waals surface area contributed by atoms with Gasteiger partial charge in [-0.25, -0.2) is 9.36 Å². The fourth-order valence-electron chi connectivity index (χ4n) is 2.27. The summed E-state index contributed by atoms with van der Waals surface area (Å²) >= 11 is 0. The van der Waals surface area contributed by atoms with Crippen molar-refractivity contribution in [2.75, 3.05) is 6.54 Å². The predicted octanol–water partition coefficient (Wildman–Crippen LogP) is -2.56. The highest BCUT2D eigenvalue weighted by Crippen LogP contribution is 2.18. The summed E-state index contributed by atoms with van der Waals surface area (Å²) in [6.45, 7) is 1.15. The fourth-order valence-corrected chi connectivity index (χ4v) is 2.27. The van der Waals surface area contributed by atoms with E-state index in [-0.39, 0.29) is 22.9 Å². The fraction of sp³-hybridized carbons (Fsp3) is 0.462. The molecule has 0 bridgehead atoms. The van der Waals surface area contributed by atoms with Crippen LogP contribution >= 0.6 is 0 Å². The molecule has 1 aliphatic rings. The average Bonchev–Trinajstić information content (AvgIpc) is 2.86. The molecule has 6 heteroatoms. The zero-order chi connectivity index (χ0) is 13.0. The number of carboxylic acids is 1. The van der Waals surface area contributed by atoms with Gasteiger partial charge >= 0.3 is 5.97 Å². The lowest BCUT2D eigenvalue weighted by Crippen LogP contribution is -3.00. The van der Waals surface area contributed by atoms with Crippen LogP contribution in [-0.2, 0) is 16.1 Å². The van der Waals surface area contributed by atoms with Crippen LogP contribution in [0.5, 0.6) is 0 Å². The summed E-state index contributed by atoms with van der Waals surface area (Å²) in [5, 5.41) is 9.02. The van der Waals surface area contributed by atoms with E-state index in [1.807, 2.05) is 35.2 Å². The minimum absolute atomic E-state index is 0. The van der Waals surface area contributed by atoms with Crippen molar-refractivity contribution < 1.29 is 36.2 Å². The quantitative estimate of drug-likeness (QED) is 0.619. The number of aliphatic carboxylic acids is 1. The van der Waals surface area contributed by atoms with Crippen LogP contribution in [0.1, 0.15) is 19.3 Å². The molecule has 1 fully saturated rings. The van der Waals surface area contributed by atoms with Crippen LogP contribution < -0.4 is 21.5 Å². The third-order valence-corrected chi connectivity index (χ3v) is 3.22. The predicted molar refractivity (Wildman–Crippen MR) is 63.6 cm³/mol. The van der Waals surface area contributed by atoms with E-state index in [0.717, 1.165) is 6.42 Å². The summed E-state index contributed by atoms with van der Waals surface area (Å²) in [4.78, 5) is 24.5. The van der Waals surface area contributed by atoms with Crippen LogP contribution in [0.4, 0.5) is 0 Å². The summed E-state index contributed by atoms with van der Waals surface area (Å²) in [5.41, 5.74) is 0. The van der Waals surface area contributed by atoms with E-state index in [1.54, 1.807) is 0 Å². The highest BCUT2D eigenvalue weighted by atomic mass is 79.9. The van der Waals surface area contributed by atoms with Crippen molar-refractivity contribution in [2.45, 2.75) is 31.8 Å². The summed E-state index contributed by atoms with van der Waals surface area (Å²) in [7, 11) is 0. The van der Waals surface area contributed by atoms with Crippen molar-refractivity contribution >= 4 is 11.9 Å². The Labute approximate surface area is 122 Å². The first-order valence-electron chi connectivity index (χ1n) is 6.15. The van der Waals surface area contributed by atoms with Gasteiger partial charge in [0.1, 0.15) is 6.04 Å². The van der Waals surface area contributed by atoms with Gasteiger partial charge in [-0.3, -0.25) is 4.79 Å². The number of aromatic nitrogens is 1.